The van der Waals surface area contributed by atoms with Crippen LogP contribution < -0.4 is 5.32 Å². The van der Waals surface area contributed by atoms with Gasteiger partial charge >= 0.3 is 0 Å². The number of likely N-dealkylation sites (tertiary alicyclic amines) is 1. The third-order valence-electron chi connectivity index (χ3n) is 3.43. The van der Waals surface area contributed by atoms with Crippen LogP contribution in [-0.2, 0) is 0 Å². The Kier molecular flexibility index (Phi) is 3.79. The molecule has 2 aliphatic rings. The minimum Gasteiger partial charge on any atom is -0.315 e. The fraction of sp³-hybridized carbons (Fsp3) is 1.00. The second-order valence-electron chi connectivity index (χ2n) is 4.82. The maximum absolute atomic E-state index is 3.45. The lowest BCUT2D eigenvalue weighted by Crippen LogP contribution is -2.45. The van der Waals surface area contributed by atoms with Gasteiger partial charge in [-0.05, 0) is 45.4 Å². The van der Waals surface area contributed by atoms with E-state index in [4.69, 9.17) is 0 Å². The lowest BCUT2D eigenvalue weighted by atomic mass is 9.97. The van der Waals surface area contributed by atoms with Crippen molar-refractivity contribution < 1.29 is 0 Å². The van der Waals surface area contributed by atoms with Crippen LogP contribution in [0.5, 0.6) is 0 Å². The van der Waals surface area contributed by atoms with Gasteiger partial charge in [-0.1, -0.05) is 0 Å². The summed E-state index contributed by atoms with van der Waals surface area (Å²) in [6.45, 7) is 8.92. The van der Waals surface area contributed by atoms with Gasteiger partial charge in [0.25, 0.3) is 0 Å². The number of nitrogens with zero attached hydrogens (tertiary/aromatic N) is 2. The number of rotatable bonds is 3. The highest BCUT2D eigenvalue weighted by Gasteiger charge is 2.23. The van der Waals surface area contributed by atoms with Crippen LogP contribution in [0.1, 0.15) is 12.8 Å². The lowest BCUT2D eigenvalue weighted by Gasteiger charge is -2.37. The minimum absolute atomic E-state index is 0.983. The molecule has 0 atom stereocenters. The van der Waals surface area contributed by atoms with E-state index in [0.29, 0.717) is 0 Å². The van der Waals surface area contributed by atoms with Gasteiger partial charge in [-0.15, -0.1) is 0 Å². The fourth-order valence-corrected chi connectivity index (χ4v) is 2.50. The largest absolute Gasteiger partial charge is 0.315 e. The first kappa shape index (κ1) is 10.4. The molecule has 0 aromatic carbocycles. The van der Waals surface area contributed by atoms with Gasteiger partial charge in [-0.3, -0.25) is 0 Å². The highest BCUT2D eigenvalue weighted by atomic mass is 15.2. The SMILES string of the molecule is CN1CC(CCN2CCCNCC2)C1. The Morgan fingerprint density at radius 2 is 2.07 bits per heavy atom. The first-order chi connectivity index (χ1) is 6.84. The average Bonchev–Trinajstić information content (AvgIpc) is 2.38. The van der Waals surface area contributed by atoms with Crippen LogP contribution in [0.15, 0.2) is 0 Å². The van der Waals surface area contributed by atoms with Gasteiger partial charge in [-0.2, -0.15) is 0 Å². The van der Waals surface area contributed by atoms with E-state index in [1.807, 2.05) is 0 Å². The molecule has 2 rings (SSSR count). The molecule has 0 radical (unpaired) electrons. The molecule has 3 heteroatoms. The lowest BCUT2D eigenvalue weighted by molar-refractivity contribution is 0.113. The van der Waals surface area contributed by atoms with Gasteiger partial charge in [0, 0.05) is 26.2 Å². The predicted molar refractivity (Wildman–Crippen MR) is 59.5 cm³/mol. The third-order valence-corrected chi connectivity index (χ3v) is 3.43. The molecule has 14 heavy (non-hydrogen) atoms. The minimum atomic E-state index is 0.983. The van der Waals surface area contributed by atoms with Gasteiger partial charge in [0.1, 0.15) is 0 Å². The number of hydrogen-bond donors (Lipinski definition) is 1. The van der Waals surface area contributed by atoms with Crippen LogP contribution in [0.4, 0.5) is 0 Å². The monoisotopic (exact) mass is 197 g/mol. The van der Waals surface area contributed by atoms with Gasteiger partial charge in [-0.25, -0.2) is 0 Å². The van der Waals surface area contributed by atoms with Crippen molar-refractivity contribution in [3.8, 4) is 0 Å². The smallest absolute Gasteiger partial charge is 0.0107 e. The molecule has 2 fully saturated rings. The molecule has 2 saturated heterocycles. The summed E-state index contributed by atoms with van der Waals surface area (Å²) in [6.07, 6.45) is 2.73. The zero-order valence-electron chi connectivity index (χ0n) is 9.34. The molecule has 1 N–H and O–H groups in total. The van der Waals surface area contributed by atoms with E-state index in [9.17, 15) is 0 Å². The Balaban J connectivity index is 1.59. The molecular weight excluding hydrogens is 174 g/mol. The maximum atomic E-state index is 3.45. The van der Waals surface area contributed by atoms with Gasteiger partial charge in [0.15, 0.2) is 0 Å². The van der Waals surface area contributed by atoms with Crippen LogP contribution in [0.2, 0.25) is 0 Å². The molecule has 2 aliphatic heterocycles. The van der Waals surface area contributed by atoms with Crippen LogP contribution in [-0.4, -0.2) is 62.7 Å². The summed E-state index contributed by atoms with van der Waals surface area (Å²) in [6, 6.07) is 0. The second-order valence-corrected chi connectivity index (χ2v) is 4.82. The molecule has 3 nitrogen and oxygen atoms in total. The van der Waals surface area contributed by atoms with E-state index in [1.165, 1.54) is 58.7 Å². The highest BCUT2D eigenvalue weighted by Crippen LogP contribution is 2.17. The van der Waals surface area contributed by atoms with Crippen molar-refractivity contribution in [2.75, 3.05) is 52.9 Å². The van der Waals surface area contributed by atoms with Crippen molar-refractivity contribution in [3.05, 3.63) is 0 Å². The molecule has 0 aromatic heterocycles. The topological polar surface area (TPSA) is 18.5 Å². The van der Waals surface area contributed by atoms with E-state index >= 15 is 0 Å². The molecule has 0 saturated carbocycles. The van der Waals surface area contributed by atoms with Crippen molar-refractivity contribution in [1.29, 1.82) is 0 Å². The first-order valence-corrected chi connectivity index (χ1v) is 5.96. The number of hydrogen-bond acceptors (Lipinski definition) is 3. The summed E-state index contributed by atoms with van der Waals surface area (Å²) in [5, 5.41) is 3.45. The Hall–Kier alpha value is -0.120. The summed E-state index contributed by atoms with van der Waals surface area (Å²) < 4.78 is 0. The molecule has 0 bridgehead atoms. The summed E-state index contributed by atoms with van der Waals surface area (Å²) in [4.78, 5) is 5.03. The van der Waals surface area contributed by atoms with Crippen LogP contribution in [0.25, 0.3) is 0 Å². The van der Waals surface area contributed by atoms with Crippen LogP contribution in [0, 0.1) is 5.92 Å². The predicted octanol–water partition coefficient (Wildman–Crippen LogP) is 0.233. The fourth-order valence-electron chi connectivity index (χ4n) is 2.50. The Bertz CT molecular complexity index is 158. The van der Waals surface area contributed by atoms with E-state index < -0.39 is 0 Å². The zero-order chi connectivity index (χ0) is 9.80. The van der Waals surface area contributed by atoms with E-state index in [0.717, 1.165) is 5.92 Å². The zero-order valence-corrected chi connectivity index (χ0v) is 9.34. The summed E-state index contributed by atoms with van der Waals surface area (Å²) in [7, 11) is 2.21. The maximum Gasteiger partial charge on any atom is 0.0107 e. The molecule has 0 unspecified atom stereocenters. The summed E-state index contributed by atoms with van der Waals surface area (Å²) in [5.41, 5.74) is 0. The Morgan fingerprint density at radius 1 is 1.21 bits per heavy atom. The molecular formula is C11H23N3. The van der Waals surface area contributed by atoms with E-state index in [2.05, 4.69) is 22.2 Å². The molecule has 0 aromatic rings. The van der Waals surface area contributed by atoms with Crippen molar-refractivity contribution in [2.45, 2.75) is 12.8 Å². The van der Waals surface area contributed by atoms with Crippen LogP contribution >= 0.6 is 0 Å². The Labute approximate surface area is 87.4 Å². The summed E-state index contributed by atoms with van der Waals surface area (Å²) >= 11 is 0. The van der Waals surface area contributed by atoms with Crippen molar-refractivity contribution in [2.24, 2.45) is 5.92 Å². The second kappa shape index (κ2) is 5.10. The van der Waals surface area contributed by atoms with E-state index in [-0.39, 0.29) is 0 Å². The molecule has 2 heterocycles. The molecule has 0 aliphatic carbocycles. The molecule has 0 amide bonds. The van der Waals surface area contributed by atoms with E-state index in [1.54, 1.807) is 0 Å². The van der Waals surface area contributed by atoms with Crippen molar-refractivity contribution in [1.82, 2.24) is 15.1 Å². The van der Waals surface area contributed by atoms with Gasteiger partial charge < -0.3 is 15.1 Å². The van der Waals surface area contributed by atoms with Crippen molar-refractivity contribution in [3.63, 3.8) is 0 Å². The molecule has 0 spiro atoms. The number of nitrogens with one attached hydrogen (secondary N) is 1. The third kappa shape index (κ3) is 2.94. The first-order valence-electron chi connectivity index (χ1n) is 5.96. The van der Waals surface area contributed by atoms with Crippen LogP contribution in [0.3, 0.4) is 0 Å². The molecule has 82 valence electrons. The van der Waals surface area contributed by atoms with Crippen molar-refractivity contribution >= 4 is 0 Å². The highest BCUT2D eigenvalue weighted by molar-refractivity contribution is 4.78. The van der Waals surface area contributed by atoms with Gasteiger partial charge in [0.05, 0.1) is 0 Å². The Morgan fingerprint density at radius 3 is 2.86 bits per heavy atom. The quantitative estimate of drug-likeness (QED) is 0.699. The average molecular weight is 197 g/mol. The normalized spacial score (nSPS) is 27.2. The standard InChI is InChI=1S/C11H23N3/c1-13-9-11(10-13)3-7-14-6-2-4-12-5-8-14/h11-12H,2-10H2,1H3. The van der Waals surface area contributed by atoms with Gasteiger partial charge in [0.2, 0.25) is 0 Å². The summed E-state index contributed by atoms with van der Waals surface area (Å²) in [5.74, 6) is 0.983.